The van der Waals surface area contributed by atoms with Crippen LogP contribution in [0.4, 0.5) is 0 Å². The molecule has 0 saturated carbocycles. The van der Waals surface area contributed by atoms with E-state index in [2.05, 4.69) is 10.6 Å². The van der Waals surface area contributed by atoms with E-state index in [0.29, 0.717) is 24.7 Å². The second-order valence-corrected chi connectivity index (χ2v) is 6.34. The van der Waals surface area contributed by atoms with E-state index < -0.39 is 12.0 Å². The van der Waals surface area contributed by atoms with Crippen LogP contribution in [0.2, 0.25) is 0 Å². The Hall–Kier alpha value is -2.81. The molecule has 1 aromatic rings. The summed E-state index contributed by atoms with van der Waals surface area (Å²) in [6.07, 6.45) is 0.0578. The summed E-state index contributed by atoms with van der Waals surface area (Å²) in [5.41, 5.74) is 0.750. The van der Waals surface area contributed by atoms with E-state index in [1.807, 2.05) is 6.07 Å². The fraction of sp³-hybridized carbons (Fsp3) is 0.526. The molecule has 0 aromatic heterocycles. The molecule has 1 aliphatic heterocycles. The zero-order valence-electron chi connectivity index (χ0n) is 16.6. The first-order valence-electron chi connectivity index (χ1n) is 8.95. The number of amides is 3. The highest BCUT2D eigenvalue weighted by molar-refractivity contribution is 5.92. The lowest BCUT2D eigenvalue weighted by atomic mass is 9.92. The Labute approximate surface area is 164 Å². The molecule has 9 nitrogen and oxygen atoms in total. The minimum absolute atomic E-state index is 0.0578. The fourth-order valence-corrected chi connectivity index (χ4v) is 3.31. The van der Waals surface area contributed by atoms with E-state index >= 15 is 0 Å². The number of nitrogens with zero attached hydrogens (tertiary/aromatic N) is 1. The van der Waals surface area contributed by atoms with Gasteiger partial charge in [0.2, 0.25) is 17.7 Å². The van der Waals surface area contributed by atoms with Crippen LogP contribution >= 0.6 is 0 Å². The smallest absolute Gasteiger partial charge is 0.239 e. The SMILES string of the molecule is CNC(=O)CNC(=O)[C@@H]1CC(=O)N(CCOC)[C@H]1c1ccc(OC)c(OC)c1. The van der Waals surface area contributed by atoms with Crippen LogP contribution in [0.3, 0.4) is 0 Å². The van der Waals surface area contributed by atoms with Crippen LogP contribution in [0.5, 0.6) is 11.5 Å². The van der Waals surface area contributed by atoms with Crippen LogP contribution in [0.1, 0.15) is 18.0 Å². The van der Waals surface area contributed by atoms with Crippen molar-refractivity contribution in [3.8, 4) is 11.5 Å². The Morgan fingerprint density at radius 1 is 1.18 bits per heavy atom. The van der Waals surface area contributed by atoms with Crippen molar-refractivity contribution in [3.63, 3.8) is 0 Å². The number of methoxy groups -OCH3 is 3. The van der Waals surface area contributed by atoms with Gasteiger partial charge >= 0.3 is 0 Å². The van der Waals surface area contributed by atoms with Crippen LogP contribution in [-0.4, -0.2) is 70.7 Å². The minimum Gasteiger partial charge on any atom is -0.493 e. The Morgan fingerprint density at radius 3 is 2.50 bits per heavy atom. The maximum absolute atomic E-state index is 12.7. The summed E-state index contributed by atoms with van der Waals surface area (Å²) in [7, 11) is 6.11. The van der Waals surface area contributed by atoms with Crippen molar-refractivity contribution in [2.45, 2.75) is 12.5 Å². The third-order valence-electron chi connectivity index (χ3n) is 4.76. The van der Waals surface area contributed by atoms with E-state index in [1.165, 1.54) is 21.3 Å². The van der Waals surface area contributed by atoms with Gasteiger partial charge in [-0.2, -0.15) is 0 Å². The zero-order chi connectivity index (χ0) is 20.7. The molecule has 1 aliphatic rings. The van der Waals surface area contributed by atoms with Crippen molar-refractivity contribution in [2.24, 2.45) is 5.92 Å². The number of hydrogen-bond acceptors (Lipinski definition) is 6. The van der Waals surface area contributed by atoms with Gasteiger partial charge in [-0.15, -0.1) is 0 Å². The van der Waals surface area contributed by atoms with Crippen molar-refractivity contribution in [2.75, 3.05) is 48.1 Å². The topological polar surface area (TPSA) is 106 Å². The molecular weight excluding hydrogens is 366 g/mol. The van der Waals surface area contributed by atoms with E-state index in [0.717, 1.165) is 5.56 Å². The van der Waals surface area contributed by atoms with Gasteiger partial charge in [0.25, 0.3) is 0 Å². The standard InChI is InChI=1S/C19H27N3O6/c1-20-16(23)11-21-19(25)13-10-17(24)22(7-8-26-2)18(13)12-5-6-14(27-3)15(9-12)28-4/h5-6,9,13,18H,7-8,10-11H2,1-4H3,(H,20,23)(H,21,25)/t13-,18+/m1/s1. The van der Waals surface area contributed by atoms with Gasteiger partial charge in [0.1, 0.15) is 0 Å². The third-order valence-corrected chi connectivity index (χ3v) is 4.76. The summed E-state index contributed by atoms with van der Waals surface area (Å²) in [6, 6.07) is 4.82. The Balaban J connectivity index is 2.34. The summed E-state index contributed by atoms with van der Waals surface area (Å²) in [5.74, 6) is -0.368. The number of nitrogens with one attached hydrogen (secondary N) is 2. The van der Waals surface area contributed by atoms with Gasteiger partial charge in [-0.1, -0.05) is 6.07 Å². The van der Waals surface area contributed by atoms with E-state index in [1.54, 1.807) is 24.1 Å². The largest absolute Gasteiger partial charge is 0.493 e. The minimum atomic E-state index is -0.632. The highest BCUT2D eigenvalue weighted by atomic mass is 16.5. The third kappa shape index (κ3) is 4.72. The van der Waals surface area contributed by atoms with Crippen molar-refractivity contribution >= 4 is 17.7 Å². The quantitative estimate of drug-likeness (QED) is 0.617. The lowest BCUT2D eigenvalue weighted by molar-refractivity contribution is -0.129. The van der Waals surface area contributed by atoms with Gasteiger partial charge in [0, 0.05) is 27.1 Å². The maximum atomic E-state index is 12.7. The average Bonchev–Trinajstić information content (AvgIpc) is 3.05. The molecule has 2 N–H and O–H groups in total. The molecule has 3 amide bonds. The van der Waals surface area contributed by atoms with Crippen LogP contribution in [0, 0.1) is 5.92 Å². The highest BCUT2D eigenvalue weighted by Crippen LogP contribution is 2.41. The van der Waals surface area contributed by atoms with Crippen LogP contribution in [0.25, 0.3) is 0 Å². The van der Waals surface area contributed by atoms with Crippen molar-refractivity contribution in [1.29, 1.82) is 0 Å². The van der Waals surface area contributed by atoms with E-state index in [-0.39, 0.29) is 30.7 Å². The number of likely N-dealkylation sites (N-methyl/N-ethyl adjacent to an activating group) is 1. The molecule has 1 heterocycles. The number of benzene rings is 1. The molecule has 9 heteroatoms. The number of carbonyl (C=O) groups is 3. The maximum Gasteiger partial charge on any atom is 0.239 e. The highest BCUT2D eigenvalue weighted by Gasteiger charge is 2.44. The molecule has 0 unspecified atom stereocenters. The molecular formula is C19H27N3O6. The number of ether oxygens (including phenoxy) is 3. The molecule has 2 rings (SSSR count). The normalized spacial score (nSPS) is 18.7. The lowest BCUT2D eigenvalue weighted by Crippen LogP contribution is -2.40. The molecule has 0 spiro atoms. The van der Waals surface area contributed by atoms with Gasteiger partial charge in [0.15, 0.2) is 11.5 Å². The van der Waals surface area contributed by atoms with Crippen LogP contribution < -0.4 is 20.1 Å². The molecule has 1 fully saturated rings. The van der Waals surface area contributed by atoms with Gasteiger partial charge < -0.3 is 29.7 Å². The number of rotatable bonds is 9. The Bertz CT molecular complexity index is 724. The number of likely N-dealkylation sites (tertiary alicyclic amines) is 1. The second-order valence-electron chi connectivity index (χ2n) is 6.34. The van der Waals surface area contributed by atoms with Gasteiger partial charge in [-0.05, 0) is 17.7 Å². The van der Waals surface area contributed by atoms with Crippen LogP contribution in [0.15, 0.2) is 18.2 Å². The lowest BCUT2D eigenvalue weighted by Gasteiger charge is -2.28. The molecule has 2 atom stereocenters. The molecule has 0 aliphatic carbocycles. The predicted octanol–water partition coefficient (Wildman–Crippen LogP) is 0.102. The van der Waals surface area contributed by atoms with Crippen molar-refractivity contribution in [1.82, 2.24) is 15.5 Å². The molecule has 1 saturated heterocycles. The predicted molar refractivity (Wildman–Crippen MR) is 101 cm³/mol. The first-order valence-corrected chi connectivity index (χ1v) is 8.95. The molecule has 1 aromatic carbocycles. The van der Waals surface area contributed by atoms with Crippen molar-refractivity contribution in [3.05, 3.63) is 23.8 Å². The molecule has 28 heavy (non-hydrogen) atoms. The molecule has 154 valence electrons. The molecule has 0 radical (unpaired) electrons. The Morgan fingerprint density at radius 2 is 1.89 bits per heavy atom. The van der Waals surface area contributed by atoms with E-state index in [9.17, 15) is 14.4 Å². The van der Waals surface area contributed by atoms with Crippen molar-refractivity contribution < 1.29 is 28.6 Å². The summed E-state index contributed by atoms with van der Waals surface area (Å²) in [6.45, 7) is 0.562. The van der Waals surface area contributed by atoms with E-state index in [4.69, 9.17) is 14.2 Å². The zero-order valence-corrected chi connectivity index (χ0v) is 16.6. The first kappa shape index (κ1) is 21.5. The van der Waals surface area contributed by atoms with Gasteiger partial charge in [0.05, 0.1) is 39.3 Å². The van der Waals surface area contributed by atoms with Gasteiger partial charge in [-0.3, -0.25) is 14.4 Å². The second kappa shape index (κ2) is 9.93. The summed E-state index contributed by atoms with van der Waals surface area (Å²) in [5, 5.41) is 5.06. The first-order chi connectivity index (χ1) is 13.5. The summed E-state index contributed by atoms with van der Waals surface area (Å²) in [4.78, 5) is 38.4. The number of carbonyl (C=O) groups excluding carboxylic acids is 3. The van der Waals surface area contributed by atoms with Gasteiger partial charge in [-0.25, -0.2) is 0 Å². The average molecular weight is 393 g/mol. The monoisotopic (exact) mass is 393 g/mol. The Kier molecular flexibility index (Phi) is 7.62. The number of hydrogen-bond donors (Lipinski definition) is 2. The molecule has 0 bridgehead atoms. The van der Waals surface area contributed by atoms with Crippen LogP contribution in [-0.2, 0) is 19.1 Å². The summed E-state index contributed by atoms with van der Waals surface area (Å²) < 4.78 is 15.7. The summed E-state index contributed by atoms with van der Waals surface area (Å²) >= 11 is 0. The fourth-order valence-electron chi connectivity index (χ4n) is 3.31.